The van der Waals surface area contributed by atoms with Gasteiger partial charge in [0.1, 0.15) is 11.6 Å². The zero-order chi connectivity index (χ0) is 18.9. The van der Waals surface area contributed by atoms with Gasteiger partial charge in [-0.1, -0.05) is 29.3 Å². The molecule has 25 heavy (non-hydrogen) atoms. The third-order valence-electron chi connectivity index (χ3n) is 3.75. The molecule has 1 aromatic rings. The van der Waals surface area contributed by atoms with E-state index in [2.05, 4.69) is 0 Å². The normalized spacial score (nSPS) is 20.7. The quantitative estimate of drug-likeness (QED) is 0.852. The van der Waals surface area contributed by atoms with Gasteiger partial charge < -0.3 is 9.84 Å². The highest BCUT2D eigenvalue weighted by atomic mass is 35.5. The van der Waals surface area contributed by atoms with Crippen LogP contribution >= 0.6 is 23.2 Å². The SMILES string of the molecule is CC(C)(C)OC(=O)N1C(=O)C(Cc2ccc(Cl)c(Cl)c2)CC1C(=O)O. The number of aliphatic carboxylic acids is 1. The van der Waals surface area contributed by atoms with Gasteiger partial charge in [0, 0.05) is 5.92 Å². The first-order chi connectivity index (χ1) is 11.5. The minimum absolute atomic E-state index is 0.0215. The molecule has 1 aromatic carbocycles. The van der Waals surface area contributed by atoms with Gasteiger partial charge in [-0.05, 0) is 51.3 Å². The maximum atomic E-state index is 12.6. The van der Waals surface area contributed by atoms with Crippen molar-refractivity contribution in [3.63, 3.8) is 0 Å². The average Bonchev–Trinajstić information content (AvgIpc) is 2.78. The number of ether oxygens (including phenoxy) is 1. The Morgan fingerprint density at radius 3 is 2.44 bits per heavy atom. The highest BCUT2D eigenvalue weighted by molar-refractivity contribution is 6.42. The molecular weight excluding hydrogens is 369 g/mol. The van der Waals surface area contributed by atoms with Crippen LogP contribution in [0.4, 0.5) is 4.79 Å². The Morgan fingerprint density at radius 2 is 1.92 bits per heavy atom. The minimum atomic E-state index is -1.24. The van der Waals surface area contributed by atoms with Crippen LogP contribution in [0.5, 0.6) is 0 Å². The van der Waals surface area contributed by atoms with E-state index in [0.29, 0.717) is 14.9 Å². The molecule has 2 unspecified atom stereocenters. The van der Waals surface area contributed by atoms with Crippen LogP contribution in [0.3, 0.4) is 0 Å². The summed E-state index contributed by atoms with van der Waals surface area (Å²) in [7, 11) is 0. The molecule has 2 atom stereocenters. The van der Waals surface area contributed by atoms with Crippen molar-refractivity contribution in [2.24, 2.45) is 5.92 Å². The second kappa shape index (κ2) is 7.22. The molecule has 136 valence electrons. The summed E-state index contributed by atoms with van der Waals surface area (Å²) in [5.74, 6) is -2.45. The molecule has 1 saturated heterocycles. The Bertz CT molecular complexity index is 713. The van der Waals surface area contributed by atoms with Crippen molar-refractivity contribution in [1.82, 2.24) is 4.90 Å². The number of halogens is 2. The summed E-state index contributed by atoms with van der Waals surface area (Å²) >= 11 is 11.8. The number of imide groups is 1. The molecule has 1 aliphatic rings. The lowest BCUT2D eigenvalue weighted by Gasteiger charge is -2.25. The van der Waals surface area contributed by atoms with Crippen LogP contribution in [-0.2, 0) is 20.7 Å². The first-order valence-corrected chi connectivity index (χ1v) is 8.48. The molecule has 2 rings (SSSR count). The van der Waals surface area contributed by atoms with E-state index in [1.807, 2.05) is 0 Å². The van der Waals surface area contributed by atoms with Gasteiger partial charge in [0.25, 0.3) is 0 Å². The van der Waals surface area contributed by atoms with E-state index in [1.165, 1.54) is 0 Å². The van der Waals surface area contributed by atoms with Gasteiger partial charge in [-0.25, -0.2) is 14.5 Å². The van der Waals surface area contributed by atoms with Crippen LogP contribution in [0.25, 0.3) is 0 Å². The summed E-state index contributed by atoms with van der Waals surface area (Å²) in [4.78, 5) is 37.1. The van der Waals surface area contributed by atoms with Crippen molar-refractivity contribution in [3.05, 3.63) is 33.8 Å². The highest BCUT2D eigenvalue weighted by Crippen LogP contribution is 2.31. The Kier molecular flexibility index (Phi) is 5.64. The fraction of sp³-hybridized carbons (Fsp3) is 0.471. The predicted molar refractivity (Wildman–Crippen MR) is 92.8 cm³/mol. The molecule has 1 N–H and O–H groups in total. The maximum Gasteiger partial charge on any atom is 0.417 e. The first kappa shape index (κ1) is 19.5. The maximum absolute atomic E-state index is 12.6. The molecule has 6 nitrogen and oxygen atoms in total. The van der Waals surface area contributed by atoms with E-state index in [1.54, 1.807) is 39.0 Å². The third kappa shape index (κ3) is 4.64. The number of carboxylic acids is 1. The second-order valence-corrected chi connectivity index (χ2v) is 7.74. The number of amides is 2. The van der Waals surface area contributed by atoms with E-state index < -0.39 is 35.5 Å². The predicted octanol–water partition coefficient (Wildman–Crippen LogP) is 3.77. The zero-order valence-electron chi connectivity index (χ0n) is 14.1. The molecule has 1 heterocycles. The number of likely N-dealkylation sites (tertiary alicyclic amines) is 1. The third-order valence-corrected chi connectivity index (χ3v) is 4.49. The lowest BCUT2D eigenvalue weighted by molar-refractivity contribution is -0.145. The molecule has 0 aliphatic carbocycles. The van der Waals surface area contributed by atoms with Crippen molar-refractivity contribution in [1.29, 1.82) is 0 Å². The standard InChI is InChI=1S/C17H19Cl2NO5/c1-17(2,3)25-16(24)20-13(15(22)23)8-10(14(20)21)6-9-4-5-11(18)12(19)7-9/h4-5,7,10,13H,6,8H2,1-3H3,(H,22,23). The van der Waals surface area contributed by atoms with Gasteiger partial charge in [0.15, 0.2) is 0 Å². The Balaban J connectivity index is 2.21. The smallest absolute Gasteiger partial charge is 0.417 e. The van der Waals surface area contributed by atoms with E-state index in [-0.39, 0.29) is 12.8 Å². The summed E-state index contributed by atoms with van der Waals surface area (Å²) in [5.41, 5.74) is -0.0923. The number of carboxylic acid groups (broad SMARTS) is 1. The number of hydrogen-bond acceptors (Lipinski definition) is 4. The average molecular weight is 388 g/mol. The number of carbonyl (C=O) groups excluding carboxylic acids is 2. The van der Waals surface area contributed by atoms with Gasteiger partial charge in [0.05, 0.1) is 10.0 Å². The Labute approximate surface area is 155 Å². The van der Waals surface area contributed by atoms with E-state index >= 15 is 0 Å². The molecule has 2 amide bonds. The van der Waals surface area contributed by atoms with E-state index in [9.17, 15) is 19.5 Å². The molecule has 0 bridgehead atoms. The molecule has 0 radical (unpaired) electrons. The summed E-state index contributed by atoms with van der Waals surface area (Å²) in [5, 5.41) is 10.1. The van der Waals surface area contributed by atoms with Gasteiger partial charge in [0.2, 0.25) is 5.91 Å². The van der Waals surface area contributed by atoms with Crippen molar-refractivity contribution in [2.75, 3.05) is 0 Å². The lowest BCUT2D eigenvalue weighted by Crippen LogP contribution is -2.45. The summed E-state index contributed by atoms with van der Waals surface area (Å²) in [6, 6.07) is 3.71. The Hall–Kier alpha value is -1.79. The van der Waals surface area contributed by atoms with Crippen molar-refractivity contribution < 1.29 is 24.2 Å². The fourth-order valence-corrected chi connectivity index (χ4v) is 3.01. The van der Waals surface area contributed by atoms with Gasteiger partial charge in [-0.15, -0.1) is 0 Å². The van der Waals surface area contributed by atoms with Gasteiger partial charge in [-0.3, -0.25) is 4.79 Å². The van der Waals surface area contributed by atoms with Crippen molar-refractivity contribution in [3.8, 4) is 0 Å². The number of hydrogen-bond donors (Lipinski definition) is 1. The molecule has 8 heteroatoms. The van der Waals surface area contributed by atoms with Crippen molar-refractivity contribution in [2.45, 2.75) is 45.3 Å². The highest BCUT2D eigenvalue weighted by Gasteiger charge is 2.48. The lowest BCUT2D eigenvalue weighted by atomic mass is 9.96. The molecule has 1 fully saturated rings. The van der Waals surface area contributed by atoms with E-state index in [4.69, 9.17) is 27.9 Å². The van der Waals surface area contributed by atoms with Crippen molar-refractivity contribution >= 4 is 41.2 Å². The molecule has 0 spiro atoms. The number of rotatable bonds is 3. The van der Waals surface area contributed by atoms with Crippen LogP contribution in [0.1, 0.15) is 32.8 Å². The van der Waals surface area contributed by atoms with Crippen LogP contribution in [0.2, 0.25) is 10.0 Å². The molecule has 1 aliphatic heterocycles. The van der Waals surface area contributed by atoms with Crippen LogP contribution in [0.15, 0.2) is 18.2 Å². The molecular formula is C17H19Cl2NO5. The van der Waals surface area contributed by atoms with Crippen LogP contribution in [-0.4, -0.2) is 39.6 Å². The zero-order valence-corrected chi connectivity index (χ0v) is 15.6. The molecule has 0 aromatic heterocycles. The van der Waals surface area contributed by atoms with Gasteiger partial charge in [-0.2, -0.15) is 0 Å². The number of carbonyl (C=O) groups is 3. The minimum Gasteiger partial charge on any atom is -0.480 e. The fourth-order valence-electron chi connectivity index (χ4n) is 2.69. The number of benzene rings is 1. The van der Waals surface area contributed by atoms with Crippen LogP contribution in [0, 0.1) is 5.92 Å². The summed E-state index contributed by atoms with van der Waals surface area (Å²) in [6.07, 6.45) is -0.659. The number of nitrogens with zero attached hydrogens (tertiary/aromatic N) is 1. The summed E-state index contributed by atoms with van der Waals surface area (Å²) < 4.78 is 5.17. The van der Waals surface area contributed by atoms with Crippen LogP contribution < -0.4 is 0 Å². The van der Waals surface area contributed by atoms with Gasteiger partial charge >= 0.3 is 12.1 Å². The second-order valence-electron chi connectivity index (χ2n) is 6.93. The first-order valence-electron chi connectivity index (χ1n) is 7.72. The largest absolute Gasteiger partial charge is 0.480 e. The monoisotopic (exact) mass is 387 g/mol. The van der Waals surface area contributed by atoms with E-state index in [0.717, 1.165) is 5.56 Å². The Morgan fingerprint density at radius 1 is 1.28 bits per heavy atom. The molecule has 0 saturated carbocycles. The topological polar surface area (TPSA) is 83.9 Å². The summed E-state index contributed by atoms with van der Waals surface area (Å²) in [6.45, 7) is 4.94.